The third-order valence-electron chi connectivity index (χ3n) is 2.81. The van der Waals surface area contributed by atoms with Crippen molar-refractivity contribution in [2.75, 3.05) is 0 Å². The molecule has 0 nitrogen and oxygen atoms in total. The van der Waals surface area contributed by atoms with Crippen molar-refractivity contribution in [2.45, 2.75) is 12.3 Å². The van der Waals surface area contributed by atoms with Gasteiger partial charge in [-0.2, -0.15) is 0 Å². The number of benzene rings is 2. The van der Waals surface area contributed by atoms with Crippen molar-refractivity contribution < 1.29 is 13.2 Å². The first kappa shape index (κ1) is 14.4. The third-order valence-corrected chi connectivity index (χ3v) is 4.11. The molecule has 0 heterocycles. The topological polar surface area (TPSA) is 0 Å². The van der Waals surface area contributed by atoms with Crippen LogP contribution in [-0.2, 0) is 0 Å². The lowest BCUT2D eigenvalue weighted by Gasteiger charge is -2.14. The van der Waals surface area contributed by atoms with Crippen molar-refractivity contribution >= 4 is 27.5 Å². The van der Waals surface area contributed by atoms with E-state index in [2.05, 4.69) is 15.9 Å². The van der Waals surface area contributed by atoms with E-state index in [1.165, 1.54) is 25.1 Å². The molecular weight excluding hydrogens is 341 g/mol. The van der Waals surface area contributed by atoms with Crippen molar-refractivity contribution in [1.29, 1.82) is 0 Å². The Morgan fingerprint density at radius 3 is 2.37 bits per heavy atom. The molecule has 2 rings (SSSR count). The lowest BCUT2D eigenvalue weighted by Crippen LogP contribution is -2.01. The molecule has 0 aliphatic heterocycles. The first-order chi connectivity index (χ1) is 8.91. The zero-order valence-electron chi connectivity index (χ0n) is 9.85. The van der Waals surface area contributed by atoms with E-state index in [9.17, 15) is 13.2 Å². The van der Waals surface area contributed by atoms with E-state index in [1.807, 2.05) is 0 Å². The van der Waals surface area contributed by atoms with Crippen LogP contribution in [0.1, 0.15) is 22.1 Å². The highest BCUT2D eigenvalue weighted by molar-refractivity contribution is 9.10. The summed E-state index contributed by atoms with van der Waals surface area (Å²) in [7, 11) is 0. The summed E-state index contributed by atoms with van der Waals surface area (Å²) in [5.41, 5.74) is 0.799. The molecule has 1 unspecified atom stereocenters. The molecule has 100 valence electrons. The maximum absolute atomic E-state index is 13.8. The highest BCUT2D eigenvalue weighted by atomic mass is 79.9. The average Bonchev–Trinajstić information content (AvgIpc) is 2.36. The monoisotopic (exact) mass is 348 g/mol. The molecule has 0 amide bonds. The van der Waals surface area contributed by atoms with E-state index in [0.717, 1.165) is 6.07 Å². The highest BCUT2D eigenvalue weighted by Crippen LogP contribution is 2.36. The lowest BCUT2D eigenvalue weighted by molar-refractivity contribution is 0.567. The van der Waals surface area contributed by atoms with Gasteiger partial charge in [0.05, 0.1) is 9.85 Å². The van der Waals surface area contributed by atoms with Gasteiger partial charge < -0.3 is 0 Å². The van der Waals surface area contributed by atoms with Crippen LogP contribution < -0.4 is 0 Å². The Hall–Kier alpha value is -1.00. The van der Waals surface area contributed by atoms with Gasteiger partial charge in [0, 0.05) is 11.6 Å². The van der Waals surface area contributed by atoms with Gasteiger partial charge >= 0.3 is 0 Å². The minimum Gasteiger partial charge on any atom is -0.207 e. The fourth-order valence-corrected chi connectivity index (χ4v) is 2.73. The molecular formula is C14H9BrClF3. The van der Waals surface area contributed by atoms with Crippen molar-refractivity contribution in [3.05, 3.63) is 68.9 Å². The Morgan fingerprint density at radius 2 is 1.68 bits per heavy atom. The maximum atomic E-state index is 13.8. The number of hydrogen-bond acceptors (Lipinski definition) is 0. The lowest BCUT2D eigenvalue weighted by atomic mass is 10.0. The van der Waals surface area contributed by atoms with Gasteiger partial charge in [-0.3, -0.25) is 0 Å². The number of aryl methyl sites for hydroxylation is 1. The van der Waals surface area contributed by atoms with E-state index in [1.54, 1.807) is 6.07 Å². The van der Waals surface area contributed by atoms with Crippen LogP contribution in [0, 0.1) is 24.4 Å². The molecule has 0 aliphatic carbocycles. The highest BCUT2D eigenvalue weighted by Gasteiger charge is 2.20. The Balaban J connectivity index is 2.53. The smallest absolute Gasteiger partial charge is 0.137 e. The van der Waals surface area contributed by atoms with Crippen LogP contribution in [0.2, 0.25) is 0 Å². The molecule has 0 bridgehead atoms. The van der Waals surface area contributed by atoms with Gasteiger partial charge in [-0.05, 0) is 46.1 Å². The zero-order valence-corrected chi connectivity index (χ0v) is 12.2. The predicted molar refractivity (Wildman–Crippen MR) is 72.9 cm³/mol. The zero-order chi connectivity index (χ0) is 14.2. The average molecular weight is 350 g/mol. The molecule has 0 N–H and O–H groups in total. The van der Waals surface area contributed by atoms with E-state index in [4.69, 9.17) is 11.6 Å². The van der Waals surface area contributed by atoms with Gasteiger partial charge in [0.1, 0.15) is 17.5 Å². The fourth-order valence-electron chi connectivity index (χ4n) is 1.76. The Bertz CT molecular complexity index is 628. The summed E-state index contributed by atoms with van der Waals surface area (Å²) < 4.78 is 40.6. The van der Waals surface area contributed by atoms with E-state index < -0.39 is 22.8 Å². The van der Waals surface area contributed by atoms with Crippen molar-refractivity contribution in [3.63, 3.8) is 0 Å². The van der Waals surface area contributed by atoms with Crippen LogP contribution in [0.25, 0.3) is 0 Å². The molecule has 5 heteroatoms. The summed E-state index contributed by atoms with van der Waals surface area (Å²) in [5, 5.41) is -0.899. The molecule has 1 atom stereocenters. The molecule has 2 aromatic rings. The molecule has 2 aromatic carbocycles. The number of rotatable bonds is 2. The molecule has 0 radical (unpaired) electrons. The molecule has 0 saturated carbocycles. The second-order valence-electron chi connectivity index (χ2n) is 4.13. The minimum atomic E-state index is -0.899. The van der Waals surface area contributed by atoms with Crippen molar-refractivity contribution in [3.8, 4) is 0 Å². The third kappa shape index (κ3) is 2.79. The number of halogens is 5. The van der Waals surface area contributed by atoms with E-state index in [0.29, 0.717) is 5.56 Å². The SMILES string of the molecule is Cc1cc(C(Cl)c2cccc(F)c2Br)c(F)cc1F. The fraction of sp³-hybridized carbons (Fsp3) is 0.143. The Labute approximate surface area is 122 Å². The Morgan fingerprint density at radius 1 is 1.00 bits per heavy atom. The summed E-state index contributed by atoms with van der Waals surface area (Å²) in [6.07, 6.45) is 0. The maximum Gasteiger partial charge on any atom is 0.137 e. The predicted octanol–water partition coefficient (Wildman–Crippen LogP) is 5.50. The van der Waals surface area contributed by atoms with Gasteiger partial charge in [-0.15, -0.1) is 11.6 Å². The van der Waals surface area contributed by atoms with E-state index >= 15 is 0 Å². The molecule has 0 aliphatic rings. The molecule has 0 spiro atoms. The van der Waals surface area contributed by atoms with Gasteiger partial charge in [-0.1, -0.05) is 12.1 Å². The Kier molecular flexibility index (Phi) is 4.21. The van der Waals surface area contributed by atoms with Crippen LogP contribution in [0.3, 0.4) is 0 Å². The standard InChI is InChI=1S/C14H9BrClF3/c1-7-5-9(12(19)6-11(7)18)14(16)8-3-2-4-10(17)13(8)15/h2-6,14H,1H3. The molecule has 19 heavy (non-hydrogen) atoms. The number of alkyl halides is 1. The van der Waals surface area contributed by atoms with Gasteiger partial charge in [0.2, 0.25) is 0 Å². The van der Waals surface area contributed by atoms with Crippen LogP contribution in [0.15, 0.2) is 34.8 Å². The van der Waals surface area contributed by atoms with Gasteiger partial charge in [0.15, 0.2) is 0 Å². The van der Waals surface area contributed by atoms with Gasteiger partial charge in [-0.25, -0.2) is 13.2 Å². The van der Waals surface area contributed by atoms with Gasteiger partial charge in [0.25, 0.3) is 0 Å². The quantitative estimate of drug-likeness (QED) is 0.628. The molecule has 0 aromatic heterocycles. The molecule has 0 saturated heterocycles. The largest absolute Gasteiger partial charge is 0.207 e. The minimum absolute atomic E-state index is 0.117. The molecule has 0 fully saturated rings. The van der Waals surface area contributed by atoms with Crippen LogP contribution >= 0.6 is 27.5 Å². The first-order valence-electron chi connectivity index (χ1n) is 5.45. The summed E-state index contributed by atoms with van der Waals surface area (Å²) in [6.45, 7) is 1.52. The van der Waals surface area contributed by atoms with E-state index in [-0.39, 0.29) is 15.6 Å². The summed E-state index contributed by atoms with van der Waals surface area (Å²) in [4.78, 5) is 0. The van der Waals surface area contributed by atoms with Crippen molar-refractivity contribution in [1.82, 2.24) is 0 Å². The van der Waals surface area contributed by atoms with Crippen molar-refractivity contribution in [2.24, 2.45) is 0 Å². The normalized spacial score (nSPS) is 12.5. The summed E-state index contributed by atoms with van der Waals surface area (Å²) in [6, 6.07) is 6.46. The first-order valence-corrected chi connectivity index (χ1v) is 6.68. The van der Waals surface area contributed by atoms with Crippen LogP contribution in [0.4, 0.5) is 13.2 Å². The second kappa shape index (κ2) is 5.55. The number of hydrogen-bond donors (Lipinski definition) is 0. The van der Waals surface area contributed by atoms with Crippen LogP contribution in [0.5, 0.6) is 0 Å². The second-order valence-corrected chi connectivity index (χ2v) is 5.36. The van der Waals surface area contributed by atoms with Crippen LogP contribution in [-0.4, -0.2) is 0 Å². The summed E-state index contributed by atoms with van der Waals surface area (Å²) >= 11 is 9.26. The summed E-state index contributed by atoms with van der Waals surface area (Å²) in [5.74, 6) is -1.87.